The van der Waals surface area contributed by atoms with Crippen LogP contribution < -0.4 is 20.2 Å². The normalized spacial score (nSPS) is 10.5. The number of nitrogens with one attached hydrogen (secondary N) is 2. The van der Waals surface area contributed by atoms with Crippen LogP contribution in [0.5, 0.6) is 11.5 Å². The van der Waals surface area contributed by atoms with E-state index in [1.165, 1.54) is 13.3 Å². The molecule has 2 aromatic carbocycles. The molecule has 148 valence electrons. The molecule has 7 nitrogen and oxygen atoms in total. The summed E-state index contributed by atoms with van der Waals surface area (Å²) in [5, 5.41) is 6.70. The highest BCUT2D eigenvalue weighted by molar-refractivity contribution is 9.10. The van der Waals surface area contributed by atoms with Gasteiger partial charge in [0, 0.05) is 31.0 Å². The van der Waals surface area contributed by atoms with Crippen LogP contribution in [-0.2, 0) is 16.1 Å². The number of nitrogens with zero attached hydrogens (tertiary/aromatic N) is 1. The van der Waals surface area contributed by atoms with E-state index in [-0.39, 0.29) is 24.7 Å². The van der Waals surface area contributed by atoms with Gasteiger partial charge in [0.2, 0.25) is 11.8 Å². The molecular weight excluding hydrogens is 426 g/mol. The maximum Gasteiger partial charge on any atom is 0.240 e. The number of carbonyl (C=O) groups is 2. The molecule has 8 heteroatoms. The SMILES string of the molecule is COc1cc(OC)c(/C=N/NC(=O)CCC(=O)NCc2ccccc2)cc1Br. The first kappa shape index (κ1) is 21.4. The van der Waals surface area contributed by atoms with Crippen molar-refractivity contribution >= 4 is 34.0 Å². The number of benzene rings is 2. The molecule has 2 rings (SSSR count). The van der Waals surface area contributed by atoms with Gasteiger partial charge in [-0.25, -0.2) is 5.43 Å². The maximum atomic E-state index is 11.9. The molecule has 0 fully saturated rings. The summed E-state index contributed by atoms with van der Waals surface area (Å²) >= 11 is 3.39. The van der Waals surface area contributed by atoms with E-state index in [1.54, 1.807) is 19.2 Å². The quantitative estimate of drug-likeness (QED) is 0.456. The predicted octanol–water partition coefficient (Wildman–Crippen LogP) is 3.01. The number of amides is 2. The highest BCUT2D eigenvalue weighted by atomic mass is 79.9. The second kappa shape index (κ2) is 11.1. The number of rotatable bonds is 9. The van der Waals surface area contributed by atoms with Gasteiger partial charge >= 0.3 is 0 Å². The molecule has 0 unspecified atom stereocenters. The van der Waals surface area contributed by atoms with E-state index in [0.717, 1.165) is 10.0 Å². The zero-order chi connectivity index (χ0) is 20.4. The average Bonchev–Trinajstić information content (AvgIpc) is 2.71. The number of ether oxygens (including phenoxy) is 2. The minimum Gasteiger partial charge on any atom is -0.496 e. The van der Waals surface area contributed by atoms with Crippen LogP contribution in [0.25, 0.3) is 0 Å². The third-order valence-corrected chi connectivity index (χ3v) is 4.43. The molecule has 0 saturated carbocycles. The zero-order valence-electron chi connectivity index (χ0n) is 15.7. The summed E-state index contributed by atoms with van der Waals surface area (Å²) in [5.41, 5.74) is 4.08. The fourth-order valence-electron chi connectivity index (χ4n) is 2.33. The third-order valence-electron chi connectivity index (χ3n) is 3.81. The smallest absolute Gasteiger partial charge is 0.240 e. The van der Waals surface area contributed by atoms with Crippen molar-refractivity contribution in [3.63, 3.8) is 0 Å². The number of hydrogen-bond donors (Lipinski definition) is 2. The van der Waals surface area contributed by atoms with Gasteiger partial charge in [0.05, 0.1) is 24.9 Å². The van der Waals surface area contributed by atoms with Crippen LogP contribution in [0, 0.1) is 0 Å². The lowest BCUT2D eigenvalue weighted by atomic mass is 10.2. The van der Waals surface area contributed by atoms with Crippen LogP contribution >= 0.6 is 15.9 Å². The maximum absolute atomic E-state index is 11.9. The second-order valence-electron chi connectivity index (χ2n) is 5.78. The molecule has 0 radical (unpaired) electrons. The summed E-state index contributed by atoms with van der Waals surface area (Å²) < 4.78 is 11.2. The number of hydrogen-bond acceptors (Lipinski definition) is 5. The molecule has 2 amide bonds. The topological polar surface area (TPSA) is 89.0 Å². The van der Waals surface area contributed by atoms with Crippen LogP contribution in [0.15, 0.2) is 52.0 Å². The van der Waals surface area contributed by atoms with Gasteiger partial charge in [0.1, 0.15) is 11.5 Å². The van der Waals surface area contributed by atoms with Gasteiger partial charge in [0.15, 0.2) is 0 Å². The molecule has 2 aromatic rings. The molecule has 0 atom stereocenters. The Kier molecular flexibility index (Phi) is 8.48. The lowest BCUT2D eigenvalue weighted by Crippen LogP contribution is -2.25. The first-order valence-corrected chi connectivity index (χ1v) is 9.37. The van der Waals surface area contributed by atoms with E-state index in [1.807, 2.05) is 30.3 Å². The highest BCUT2D eigenvalue weighted by Gasteiger charge is 2.09. The minimum atomic E-state index is -0.349. The molecule has 0 heterocycles. The molecule has 0 spiro atoms. The first-order chi connectivity index (χ1) is 13.5. The van der Waals surface area contributed by atoms with Crippen molar-refractivity contribution < 1.29 is 19.1 Å². The van der Waals surface area contributed by atoms with Gasteiger partial charge in [-0.1, -0.05) is 30.3 Å². The number of methoxy groups -OCH3 is 2. The summed E-state index contributed by atoms with van der Waals surface area (Å²) in [6.45, 7) is 0.436. The van der Waals surface area contributed by atoms with Crippen LogP contribution in [0.3, 0.4) is 0 Å². The van der Waals surface area contributed by atoms with Gasteiger partial charge < -0.3 is 14.8 Å². The lowest BCUT2D eigenvalue weighted by Gasteiger charge is -2.09. The monoisotopic (exact) mass is 447 g/mol. The largest absolute Gasteiger partial charge is 0.496 e. The van der Waals surface area contributed by atoms with Gasteiger partial charge in [0.25, 0.3) is 0 Å². The summed E-state index contributed by atoms with van der Waals surface area (Å²) in [5.74, 6) is 0.638. The Bertz CT molecular complexity index is 841. The van der Waals surface area contributed by atoms with Gasteiger partial charge in [-0.15, -0.1) is 0 Å². The molecule has 0 aliphatic heterocycles. The second-order valence-corrected chi connectivity index (χ2v) is 6.64. The summed E-state index contributed by atoms with van der Waals surface area (Å²) in [4.78, 5) is 23.7. The zero-order valence-corrected chi connectivity index (χ0v) is 17.3. The van der Waals surface area contributed by atoms with E-state index >= 15 is 0 Å². The van der Waals surface area contributed by atoms with Crippen LogP contribution in [-0.4, -0.2) is 32.2 Å². The molecule has 0 aromatic heterocycles. The third kappa shape index (κ3) is 6.70. The highest BCUT2D eigenvalue weighted by Crippen LogP contribution is 2.31. The summed E-state index contributed by atoms with van der Waals surface area (Å²) in [7, 11) is 3.09. The van der Waals surface area contributed by atoms with Crippen molar-refractivity contribution in [1.82, 2.24) is 10.7 Å². The van der Waals surface area contributed by atoms with Crippen molar-refractivity contribution in [3.8, 4) is 11.5 Å². The van der Waals surface area contributed by atoms with Gasteiger partial charge in [-0.3, -0.25) is 9.59 Å². The average molecular weight is 448 g/mol. The minimum absolute atomic E-state index is 0.0431. The number of hydrazone groups is 1. The van der Waals surface area contributed by atoms with E-state index in [2.05, 4.69) is 31.8 Å². The van der Waals surface area contributed by atoms with Crippen LogP contribution in [0.2, 0.25) is 0 Å². The molecule has 0 bridgehead atoms. The lowest BCUT2D eigenvalue weighted by molar-refractivity contribution is -0.126. The fraction of sp³-hybridized carbons (Fsp3) is 0.250. The van der Waals surface area contributed by atoms with Crippen LogP contribution in [0.1, 0.15) is 24.0 Å². The molecule has 2 N–H and O–H groups in total. The molecule has 0 aliphatic carbocycles. The molecule has 0 saturated heterocycles. The van der Waals surface area contributed by atoms with E-state index in [9.17, 15) is 9.59 Å². The first-order valence-electron chi connectivity index (χ1n) is 8.57. The van der Waals surface area contributed by atoms with E-state index < -0.39 is 0 Å². The van der Waals surface area contributed by atoms with Gasteiger partial charge in [-0.2, -0.15) is 5.10 Å². The Labute approximate surface area is 172 Å². The Morgan fingerprint density at radius 3 is 2.39 bits per heavy atom. The molecular formula is C20H22BrN3O4. The van der Waals surface area contributed by atoms with E-state index in [0.29, 0.717) is 23.6 Å². The van der Waals surface area contributed by atoms with Crippen molar-refractivity contribution in [1.29, 1.82) is 0 Å². The van der Waals surface area contributed by atoms with Gasteiger partial charge in [-0.05, 0) is 27.6 Å². The number of carbonyl (C=O) groups excluding carboxylic acids is 2. The van der Waals surface area contributed by atoms with Crippen LogP contribution in [0.4, 0.5) is 0 Å². The van der Waals surface area contributed by atoms with Crippen molar-refractivity contribution in [2.45, 2.75) is 19.4 Å². The van der Waals surface area contributed by atoms with E-state index in [4.69, 9.17) is 9.47 Å². The van der Waals surface area contributed by atoms with Crippen molar-refractivity contribution in [3.05, 3.63) is 58.1 Å². The Hall–Kier alpha value is -2.87. The Morgan fingerprint density at radius 1 is 1.04 bits per heavy atom. The Morgan fingerprint density at radius 2 is 1.71 bits per heavy atom. The van der Waals surface area contributed by atoms with Crippen molar-refractivity contribution in [2.24, 2.45) is 5.10 Å². The number of halogens is 1. The standard InChI is InChI=1S/C20H22BrN3O4/c1-27-17-11-18(28-2)16(21)10-15(17)13-23-24-20(26)9-8-19(25)22-12-14-6-4-3-5-7-14/h3-7,10-11,13H,8-9,12H2,1-2H3,(H,22,25)(H,24,26)/b23-13+. The molecule has 28 heavy (non-hydrogen) atoms. The Balaban J connectivity index is 1.79. The summed E-state index contributed by atoms with van der Waals surface area (Å²) in [6.07, 6.45) is 1.60. The molecule has 0 aliphatic rings. The fourth-order valence-corrected chi connectivity index (χ4v) is 2.85. The van der Waals surface area contributed by atoms with Crippen molar-refractivity contribution in [2.75, 3.05) is 14.2 Å². The summed E-state index contributed by atoms with van der Waals surface area (Å²) in [6, 6.07) is 13.1. The predicted molar refractivity (Wildman–Crippen MR) is 111 cm³/mol.